The molecule has 0 spiro atoms. The summed E-state index contributed by atoms with van der Waals surface area (Å²) < 4.78 is 6.74. The number of hydrogen-bond donors (Lipinski definition) is 0. The molecule has 2 rings (SSSR count). The molecule has 1 heterocycles. The first kappa shape index (κ1) is 14.3. The van der Waals surface area contributed by atoms with Gasteiger partial charge in [0.25, 0.3) is 0 Å². The lowest BCUT2D eigenvalue weighted by Crippen LogP contribution is -2.03. The Balaban J connectivity index is 1.76. The van der Waals surface area contributed by atoms with Gasteiger partial charge in [-0.15, -0.1) is 11.3 Å². The van der Waals surface area contributed by atoms with E-state index in [9.17, 15) is 4.79 Å². The largest absolute Gasteiger partial charge is 0.493 e. The smallest absolute Gasteiger partial charge is 0.172 e. The van der Waals surface area contributed by atoms with Gasteiger partial charge in [-0.2, -0.15) is 0 Å². The van der Waals surface area contributed by atoms with Crippen LogP contribution in [0.15, 0.2) is 40.2 Å². The number of carbonyl (C=O) groups excluding carboxylic acids is 1. The Labute approximate surface area is 125 Å². The van der Waals surface area contributed by atoms with E-state index in [-0.39, 0.29) is 5.78 Å². The van der Waals surface area contributed by atoms with Crippen LogP contribution in [0, 0.1) is 6.92 Å². The van der Waals surface area contributed by atoms with E-state index in [2.05, 4.69) is 15.9 Å². The maximum atomic E-state index is 11.8. The second-order valence-electron chi connectivity index (χ2n) is 4.26. The summed E-state index contributed by atoms with van der Waals surface area (Å²) in [5, 5.41) is 1.93. The van der Waals surface area contributed by atoms with E-state index in [0.29, 0.717) is 13.0 Å². The number of ketones is 1. The third kappa shape index (κ3) is 4.18. The number of aryl methyl sites for hydroxylation is 1. The highest BCUT2D eigenvalue weighted by Crippen LogP contribution is 2.22. The van der Waals surface area contributed by atoms with E-state index in [1.165, 1.54) is 11.3 Å². The molecule has 1 aromatic heterocycles. The molecule has 0 amide bonds. The first-order chi connectivity index (χ1) is 9.16. The predicted octanol–water partition coefficient (Wildman–Crippen LogP) is 4.86. The fourth-order valence-corrected chi connectivity index (χ4v) is 2.92. The molecular weight excluding hydrogens is 324 g/mol. The van der Waals surface area contributed by atoms with Crippen LogP contribution in [0.25, 0.3) is 0 Å². The third-order valence-corrected chi connectivity index (χ3v) is 4.14. The van der Waals surface area contributed by atoms with Crippen LogP contribution in [0.5, 0.6) is 5.75 Å². The highest BCUT2D eigenvalue weighted by atomic mass is 79.9. The molecule has 2 aromatic rings. The highest BCUT2D eigenvalue weighted by Gasteiger charge is 2.06. The molecule has 0 radical (unpaired) electrons. The molecule has 0 atom stereocenters. The monoisotopic (exact) mass is 338 g/mol. The van der Waals surface area contributed by atoms with Crippen molar-refractivity contribution >= 4 is 33.0 Å². The fourth-order valence-electron chi connectivity index (χ4n) is 1.75. The fraction of sp³-hybridized carbons (Fsp3) is 0.267. The van der Waals surface area contributed by atoms with Gasteiger partial charge in [-0.05, 0) is 48.6 Å². The van der Waals surface area contributed by atoms with Crippen LogP contribution < -0.4 is 4.74 Å². The Bertz CT molecular complexity index is 549. The number of Topliss-reactive ketones (excluding diaryl/α,β-unsaturated/α-hetero) is 1. The van der Waals surface area contributed by atoms with Gasteiger partial charge in [0.2, 0.25) is 0 Å². The zero-order valence-corrected chi connectivity index (χ0v) is 13.1. The molecule has 0 saturated carbocycles. The Morgan fingerprint density at radius 1 is 1.37 bits per heavy atom. The average Bonchev–Trinajstić information content (AvgIpc) is 2.90. The molecule has 0 aliphatic carbocycles. The SMILES string of the molecule is Cc1cc(Br)ccc1OCCCC(=O)c1cccs1. The molecule has 2 nitrogen and oxygen atoms in total. The third-order valence-electron chi connectivity index (χ3n) is 2.74. The van der Waals surface area contributed by atoms with Crippen LogP contribution in [0.1, 0.15) is 28.1 Å². The van der Waals surface area contributed by atoms with Gasteiger partial charge in [0.05, 0.1) is 11.5 Å². The minimum Gasteiger partial charge on any atom is -0.493 e. The summed E-state index contributed by atoms with van der Waals surface area (Å²) in [5.74, 6) is 1.08. The summed E-state index contributed by atoms with van der Waals surface area (Å²) in [6.07, 6.45) is 1.28. The van der Waals surface area contributed by atoms with Crippen LogP contribution in [0.3, 0.4) is 0 Å². The van der Waals surface area contributed by atoms with Gasteiger partial charge in [0, 0.05) is 10.9 Å². The Morgan fingerprint density at radius 3 is 2.89 bits per heavy atom. The first-order valence-electron chi connectivity index (χ1n) is 6.12. The van der Waals surface area contributed by atoms with Crippen LogP contribution in [0.2, 0.25) is 0 Å². The lowest BCUT2D eigenvalue weighted by molar-refractivity contribution is 0.0977. The zero-order valence-electron chi connectivity index (χ0n) is 10.7. The van der Waals surface area contributed by atoms with Crippen molar-refractivity contribution in [2.24, 2.45) is 0 Å². The topological polar surface area (TPSA) is 26.3 Å². The Hall–Kier alpha value is -1.13. The van der Waals surface area contributed by atoms with Crippen LogP contribution >= 0.6 is 27.3 Å². The molecule has 0 N–H and O–H groups in total. The van der Waals surface area contributed by atoms with Crippen molar-refractivity contribution in [2.45, 2.75) is 19.8 Å². The maximum Gasteiger partial charge on any atom is 0.172 e. The molecule has 1 aromatic carbocycles. The maximum absolute atomic E-state index is 11.8. The molecule has 100 valence electrons. The second-order valence-corrected chi connectivity index (χ2v) is 6.13. The highest BCUT2D eigenvalue weighted by molar-refractivity contribution is 9.10. The number of hydrogen-bond acceptors (Lipinski definition) is 3. The minimum absolute atomic E-state index is 0.200. The number of rotatable bonds is 6. The molecule has 0 unspecified atom stereocenters. The van der Waals surface area contributed by atoms with Gasteiger partial charge >= 0.3 is 0 Å². The standard InChI is InChI=1S/C15H15BrO2S/c1-11-10-12(16)6-7-14(11)18-8-2-4-13(17)15-5-3-9-19-15/h3,5-7,9-10H,2,4,8H2,1H3. The molecule has 0 aliphatic rings. The van der Waals surface area contributed by atoms with Crippen molar-refractivity contribution in [2.75, 3.05) is 6.61 Å². The summed E-state index contributed by atoms with van der Waals surface area (Å²) in [4.78, 5) is 12.6. The van der Waals surface area contributed by atoms with Gasteiger partial charge in [0.15, 0.2) is 5.78 Å². The van der Waals surface area contributed by atoms with Gasteiger partial charge in [-0.25, -0.2) is 0 Å². The van der Waals surface area contributed by atoms with Gasteiger partial charge in [-0.1, -0.05) is 22.0 Å². The van der Waals surface area contributed by atoms with Crippen molar-refractivity contribution in [1.29, 1.82) is 0 Å². The summed E-state index contributed by atoms with van der Waals surface area (Å²) in [6.45, 7) is 2.58. The second kappa shape index (κ2) is 6.87. The van der Waals surface area contributed by atoms with Crippen molar-refractivity contribution in [3.8, 4) is 5.75 Å². The molecule has 0 aliphatic heterocycles. The Morgan fingerprint density at radius 2 is 2.21 bits per heavy atom. The van der Waals surface area contributed by atoms with Crippen molar-refractivity contribution < 1.29 is 9.53 Å². The first-order valence-corrected chi connectivity index (χ1v) is 7.80. The lowest BCUT2D eigenvalue weighted by atomic mass is 10.2. The van der Waals surface area contributed by atoms with Crippen LogP contribution in [-0.2, 0) is 0 Å². The zero-order chi connectivity index (χ0) is 13.7. The molecule has 0 saturated heterocycles. The number of carbonyl (C=O) groups is 1. The molecule has 0 fully saturated rings. The summed E-state index contributed by atoms with van der Waals surface area (Å²) in [6, 6.07) is 9.69. The van der Waals surface area contributed by atoms with E-state index in [1.54, 1.807) is 0 Å². The normalized spacial score (nSPS) is 10.4. The van der Waals surface area contributed by atoms with E-state index in [0.717, 1.165) is 27.1 Å². The number of thiophene rings is 1. The quantitative estimate of drug-likeness (QED) is 0.555. The van der Waals surface area contributed by atoms with Crippen LogP contribution in [-0.4, -0.2) is 12.4 Å². The summed E-state index contributed by atoms with van der Waals surface area (Å²) in [7, 11) is 0. The molecule has 4 heteroatoms. The van der Waals surface area contributed by atoms with Crippen LogP contribution in [0.4, 0.5) is 0 Å². The van der Waals surface area contributed by atoms with E-state index in [1.807, 2.05) is 42.6 Å². The van der Waals surface area contributed by atoms with Crippen molar-refractivity contribution in [3.63, 3.8) is 0 Å². The number of benzene rings is 1. The van der Waals surface area contributed by atoms with Crippen molar-refractivity contribution in [1.82, 2.24) is 0 Å². The lowest BCUT2D eigenvalue weighted by Gasteiger charge is -2.08. The Kier molecular flexibility index (Phi) is 5.16. The predicted molar refractivity (Wildman–Crippen MR) is 82.3 cm³/mol. The number of ether oxygens (including phenoxy) is 1. The van der Waals surface area contributed by atoms with E-state index >= 15 is 0 Å². The summed E-state index contributed by atoms with van der Waals surface area (Å²) in [5.41, 5.74) is 1.10. The average molecular weight is 339 g/mol. The van der Waals surface area contributed by atoms with Gasteiger partial charge in [-0.3, -0.25) is 4.79 Å². The summed E-state index contributed by atoms with van der Waals surface area (Å²) >= 11 is 4.91. The van der Waals surface area contributed by atoms with E-state index < -0.39 is 0 Å². The van der Waals surface area contributed by atoms with Gasteiger partial charge < -0.3 is 4.74 Å². The van der Waals surface area contributed by atoms with Gasteiger partial charge in [0.1, 0.15) is 5.75 Å². The minimum atomic E-state index is 0.200. The van der Waals surface area contributed by atoms with Crippen molar-refractivity contribution in [3.05, 3.63) is 50.6 Å². The number of halogens is 1. The molecule has 0 bridgehead atoms. The molecular formula is C15H15BrO2S. The van der Waals surface area contributed by atoms with E-state index in [4.69, 9.17) is 4.74 Å². The molecule has 19 heavy (non-hydrogen) atoms.